The fourth-order valence-corrected chi connectivity index (χ4v) is 4.08. The van der Waals surface area contributed by atoms with Crippen molar-refractivity contribution in [3.63, 3.8) is 0 Å². The van der Waals surface area contributed by atoms with Crippen molar-refractivity contribution in [1.82, 2.24) is 0 Å². The maximum atomic E-state index is 9.09. The molecular formula is C18H13BrN2. The quantitative estimate of drug-likeness (QED) is 0.708. The average molecular weight is 337 g/mol. The van der Waals surface area contributed by atoms with E-state index in [0.717, 1.165) is 28.6 Å². The Labute approximate surface area is 132 Å². The summed E-state index contributed by atoms with van der Waals surface area (Å²) in [6, 6.07) is 16.9. The largest absolute Gasteiger partial charge is 0.205 e. The lowest BCUT2D eigenvalue weighted by Gasteiger charge is -2.10. The lowest BCUT2D eigenvalue weighted by molar-refractivity contribution is 0.692. The predicted molar refractivity (Wildman–Crippen MR) is 86.2 cm³/mol. The van der Waals surface area contributed by atoms with Crippen molar-refractivity contribution < 1.29 is 0 Å². The topological polar surface area (TPSA) is 36.1 Å². The minimum Gasteiger partial charge on any atom is -0.177 e. The van der Waals surface area contributed by atoms with Crippen LogP contribution in [0.1, 0.15) is 29.0 Å². The first-order valence-electron chi connectivity index (χ1n) is 7.05. The molecule has 2 aliphatic carbocycles. The van der Waals surface area contributed by atoms with Gasteiger partial charge in [-0.15, -0.1) is 0 Å². The first-order valence-corrected chi connectivity index (χ1v) is 7.85. The molecule has 3 heteroatoms. The van der Waals surface area contributed by atoms with Crippen LogP contribution in [0.5, 0.6) is 0 Å². The van der Waals surface area contributed by atoms with E-state index in [1.807, 2.05) is 12.3 Å². The van der Waals surface area contributed by atoms with Gasteiger partial charge in [0.1, 0.15) is 0 Å². The number of hydrogen-bond acceptors (Lipinski definition) is 2. The molecule has 0 aliphatic heterocycles. The van der Waals surface area contributed by atoms with Crippen molar-refractivity contribution in [2.24, 2.45) is 10.4 Å². The summed E-state index contributed by atoms with van der Waals surface area (Å²) in [7, 11) is 0. The molecule has 2 aliphatic rings. The van der Waals surface area contributed by atoms with Gasteiger partial charge >= 0.3 is 0 Å². The van der Waals surface area contributed by atoms with Gasteiger partial charge in [0, 0.05) is 15.5 Å². The second kappa shape index (κ2) is 4.54. The highest BCUT2D eigenvalue weighted by atomic mass is 79.9. The Morgan fingerprint density at radius 2 is 2.00 bits per heavy atom. The number of nitriles is 1. The lowest BCUT2D eigenvalue weighted by atomic mass is 9.94. The number of halogens is 1. The van der Waals surface area contributed by atoms with Gasteiger partial charge in [0.15, 0.2) is 0 Å². The Hall–Kier alpha value is -1.92. The number of nitrogens with zero attached hydrogens (tertiary/aromatic N) is 2. The first kappa shape index (κ1) is 12.8. The van der Waals surface area contributed by atoms with Gasteiger partial charge in [-0.1, -0.05) is 52.3 Å². The molecule has 102 valence electrons. The van der Waals surface area contributed by atoms with Gasteiger partial charge < -0.3 is 0 Å². The van der Waals surface area contributed by atoms with Gasteiger partial charge in [-0.05, 0) is 42.0 Å². The van der Waals surface area contributed by atoms with Crippen molar-refractivity contribution in [2.75, 3.05) is 0 Å². The van der Waals surface area contributed by atoms with Gasteiger partial charge in [-0.2, -0.15) is 10.3 Å². The summed E-state index contributed by atoms with van der Waals surface area (Å²) < 4.78 is 1.04. The van der Waals surface area contributed by atoms with Crippen LogP contribution in [-0.4, -0.2) is 5.71 Å². The Balaban J connectivity index is 1.80. The van der Waals surface area contributed by atoms with Gasteiger partial charge in [-0.25, -0.2) is 0 Å². The van der Waals surface area contributed by atoms with Crippen LogP contribution in [0.25, 0.3) is 0 Å². The average Bonchev–Trinajstić information content (AvgIpc) is 3.14. The summed E-state index contributed by atoms with van der Waals surface area (Å²) in [5, 5.41) is 9.09. The maximum absolute atomic E-state index is 9.09. The molecule has 0 aromatic heterocycles. The van der Waals surface area contributed by atoms with E-state index >= 15 is 0 Å². The monoisotopic (exact) mass is 336 g/mol. The van der Waals surface area contributed by atoms with Gasteiger partial charge in [0.05, 0.1) is 5.71 Å². The zero-order valence-electron chi connectivity index (χ0n) is 11.4. The number of aliphatic imine (C=N–C) groups is 1. The number of hydrogen-bond donors (Lipinski definition) is 0. The van der Waals surface area contributed by atoms with Crippen molar-refractivity contribution in [3.8, 4) is 6.19 Å². The van der Waals surface area contributed by atoms with Crippen LogP contribution in [0.4, 0.5) is 0 Å². The minimum absolute atomic E-state index is 0.0419. The Morgan fingerprint density at radius 1 is 1.19 bits per heavy atom. The van der Waals surface area contributed by atoms with Crippen LogP contribution < -0.4 is 0 Å². The molecule has 1 fully saturated rings. The predicted octanol–water partition coefficient (Wildman–Crippen LogP) is 4.45. The molecule has 0 amide bonds. The Bertz CT molecular complexity index is 789. The van der Waals surface area contributed by atoms with E-state index in [2.05, 4.69) is 63.4 Å². The SMILES string of the molecule is N#CN=C1c2cc(Br)ccc2CC12C[C@@H]2c1ccccc1. The van der Waals surface area contributed by atoms with E-state index in [9.17, 15) is 0 Å². The third kappa shape index (κ3) is 1.86. The molecule has 2 atom stereocenters. The van der Waals surface area contributed by atoms with Gasteiger partial charge in [-0.3, -0.25) is 0 Å². The van der Waals surface area contributed by atoms with E-state index in [-0.39, 0.29) is 5.41 Å². The molecule has 0 heterocycles. The first-order chi connectivity index (χ1) is 10.2. The van der Waals surface area contributed by atoms with Crippen molar-refractivity contribution >= 4 is 21.6 Å². The molecule has 2 aromatic carbocycles. The van der Waals surface area contributed by atoms with E-state index in [1.54, 1.807) is 0 Å². The van der Waals surface area contributed by atoms with Crippen LogP contribution >= 0.6 is 15.9 Å². The summed E-state index contributed by atoms with van der Waals surface area (Å²) in [5.74, 6) is 0.483. The molecule has 2 nitrogen and oxygen atoms in total. The molecule has 1 saturated carbocycles. The van der Waals surface area contributed by atoms with E-state index in [4.69, 9.17) is 5.26 Å². The molecule has 21 heavy (non-hydrogen) atoms. The highest BCUT2D eigenvalue weighted by Gasteiger charge is 2.61. The second-order valence-electron chi connectivity index (χ2n) is 5.86. The molecule has 4 rings (SSSR count). The highest BCUT2D eigenvalue weighted by Crippen LogP contribution is 2.65. The molecule has 0 saturated heterocycles. The number of rotatable bonds is 1. The maximum Gasteiger partial charge on any atom is 0.205 e. The molecule has 2 aromatic rings. The lowest BCUT2D eigenvalue weighted by Crippen LogP contribution is -2.13. The molecular weight excluding hydrogens is 324 g/mol. The van der Waals surface area contributed by atoms with Crippen LogP contribution in [-0.2, 0) is 6.42 Å². The van der Waals surface area contributed by atoms with E-state index < -0.39 is 0 Å². The van der Waals surface area contributed by atoms with Crippen molar-refractivity contribution in [2.45, 2.75) is 18.8 Å². The van der Waals surface area contributed by atoms with Crippen molar-refractivity contribution in [1.29, 1.82) is 5.26 Å². The fourth-order valence-electron chi connectivity index (χ4n) is 3.72. The molecule has 0 N–H and O–H groups in total. The van der Waals surface area contributed by atoms with Crippen LogP contribution in [0.3, 0.4) is 0 Å². The van der Waals surface area contributed by atoms with Crippen LogP contribution in [0.15, 0.2) is 58.0 Å². The highest BCUT2D eigenvalue weighted by molar-refractivity contribution is 9.10. The van der Waals surface area contributed by atoms with Crippen LogP contribution in [0.2, 0.25) is 0 Å². The Morgan fingerprint density at radius 3 is 2.76 bits per heavy atom. The van der Waals surface area contributed by atoms with Crippen molar-refractivity contribution in [3.05, 3.63) is 69.7 Å². The smallest absolute Gasteiger partial charge is 0.177 e. The summed E-state index contributed by atoms with van der Waals surface area (Å²) in [5.41, 5.74) is 4.83. The van der Waals surface area contributed by atoms with E-state index in [0.29, 0.717) is 5.92 Å². The normalized spacial score (nSPS) is 27.6. The standard InChI is InChI=1S/C18H13BrN2/c19-14-7-6-13-9-18(17(21-11-20)15(13)8-14)10-16(18)12-4-2-1-3-5-12/h1-8,16H,9-10H2/t16-,18?/m1/s1. The fraction of sp³-hybridized carbons (Fsp3) is 0.222. The summed E-state index contributed by atoms with van der Waals surface area (Å²) in [4.78, 5) is 4.20. The third-order valence-corrected chi connectivity index (χ3v) is 5.24. The van der Waals surface area contributed by atoms with Gasteiger partial charge in [0.25, 0.3) is 0 Å². The zero-order chi connectivity index (χ0) is 14.4. The molecule has 1 unspecified atom stereocenters. The van der Waals surface area contributed by atoms with Gasteiger partial charge in [0.2, 0.25) is 6.19 Å². The second-order valence-corrected chi connectivity index (χ2v) is 6.78. The summed E-state index contributed by atoms with van der Waals surface area (Å²) >= 11 is 3.52. The number of fused-ring (bicyclic) bond motifs is 1. The summed E-state index contributed by atoms with van der Waals surface area (Å²) in [6.45, 7) is 0. The van der Waals surface area contributed by atoms with Crippen LogP contribution in [0, 0.1) is 16.9 Å². The van der Waals surface area contributed by atoms with E-state index in [1.165, 1.54) is 11.1 Å². The minimum atomic E-state index is 0.0419. The molecule has 0 radical (unpaired) electrons. The number of benzene rings is 2. The zero-order valence-corrected chi connectivity index (χ0v) is 13.0. The third-order valence-electron chi connectivity index (χ3n) is 4.74. The Kier molecular flexibility index (Phi) is 2.77. The summed E-state index contributed by atoms with van der Waals surface area (Å²) in [6.07, 6.45) is 4.09. The molecule has 1 spiro atoms. The molecule has 0 bridgehead atoms.